The van der Waals surface area contributed by atoms with Crippen LogP contribution in [0.1, 0.15) is 10.4 Å². The number of thiazole rings is 1. The monoisotopic (exact) mass is 284 g/mol. The Morgan fingerprint density at radius 1 is 1.20 bits per heavy atom. The summed E-state index contributed by atoms with van der Waals surface area (Å²) in [5.41, 5.74) is 0.609. The molecule has 0 unspecified atom stereocenters. The summed E-state index contributed by atoms with van der Waals surface area (Å²) in [5.74, 6) is 0.648. The minimum Gasteiger partial charge on any atom is -0.497 e. The molecule has 0 atom stereocenters. The molecule has 1 heterocycles. The van der Waals surface area contributed by atoms with Crippen LogP contribution < -0.4 is 10.1 Å². The summed E-state index contributed by atoms with van der Waals surface area (Å²) in [5, 5.41) is 7.23. The van der Waals surface area contributed by atoms with Crippen LogP contribution in [0.3, 0.4) is 0 Å². The third kappa shape index (κ3) is 2.48. The van der Waals surface area contributed by atoms with Gasteiger partial charge in [0.25, 0.3) is 5.91 Å². The quantitative estimate of drug-likeness (QED) is 0.800. The van der Waals surface area contributed by atoms with E-state index in [0.717, 1.165) is 16.5 Å². The van der Waals surface area contributed by atoms with Crippen LogP contribution in [0.5, 0.6) is 5.75 Å². The first-order valence-electron chi connectivity index (χ1n) is 6.05. The molecule has 3 rings (SSSR count). The second-order valence-electron chi connectivity index (χ2n) is 4.22. The number of carbonyl (C=O) groups excluding carboxylic acids is 1. The van der Waals surface area contributed by atoms with Gasteiger partial charge < -0.3 is 4.74 Å². The number of ether oxygens (including phenoxy) is 1. The minimum absolute atomic E-state index is 0.155. The van der Waals surface area contributed by atoms with Gasteiger partial charge in [-0.1, -0.05) is 12.1 Å². The topological polar surface area (TPSA) is 51.2 Å². The number of fused-ring (bicyclic) bond motifs is 1. The zero-order valence-electron chi connectivity index (χ0n) is 10.8. The van der Waals surface area contributed by atoms with Crippen LogP contribution in [-0.4, -0.2) is 18.0 Å². The van der Waals surface area contributed by atoms with Gasteiger partial charge in [0.15, 0.2) is 5.13 Å². The Hall–Kier alpha value is -2.40. The lowest BCUT2D eigenvalue weighted by molar-refractivity contribution is 0.102. The highest BCUT2D eigenvalue weighted by atomic mass is 32.1. The number of nitrogens with one attached hydrogen (secondary N) is 1. The van der Waals surface area contributed by atoms with Gasteiger partial charge in [0.1, 0.15) is 5.75 Å². The Kier molecular flexibility index (Phi) is 3.35. The zero-order chi connectivity index (χ0) is 13.9. The number of hydrogen-bond donors (Lipinski definition) is 1. The number of nitrogens with zero attached hydrogens (tertiary/aromatic N) is 1. The Morgan fingerprint density at radius 2 is 2.00 bits per heavy atom. The van der Waals surface area contributed by atoms with Gasteiger partial charge in [-0.05, 0) is 35.0 Å². The molecule has 1 N–H and O–H groups in total. The Balaban J connectivity index is 1.90. The molecular formula is C15H12N2O2S. The normalized spacial score (nSPS) is 10.4. The lowest BCUT2D eigenvalue weighted by Crippen LogP contribution is -2.11. The maximum atomic E-state index is 12.1. The summed E-state index contributed by atoms with van der Waals surface area (Å²) in [6, 6.07) is 11.3. The second kappa shape index (κ2) is 5.30. The fourth-order valence-electron chi connectivity index (χ4n) is 1.95. The van der Waals surface area contributed by atoms with E-state index in [1.807, 2.05) is 35.7 Å². The van der Waals surface area contributed by atoms with E-state index in [0.29, 0.717) is 10.7 Å². The maximum Gasteiger partial charge on any atom is 0.257 e. The molecule has 0 spiro atoms. The summed E-state index contributed by atoms with van der Waals surface area (Å²) in [6.45, 7) is 0. The molecular weight excluding hydrogens is 272 g/mol. The van der Waals surface area contributed by atoms with E-state index in [9.17, 15) is 4.79 Å². The van der Waals surface area contributed by atoms with E-state index in [2.05, 4.69) is 10.3 Å². The first kappa shape index (κ1) is 12.6. The Morgan fingerprint density at radius 3 is 2.75 bits per heavy atom. The maximum absolute atomic E-state index is 12.1. The largest absolute Gasteiger partial charge is 0.497 e. The lowest BCUT2D eigenvalue weighted by Gasteiger charge is -2.05. The zero-order valence-corrected chi connectivity index (χ0v) is 11.6. The molecule has 0 radical (unpaired) electrons. The number of methoxy groups -OCH3 is 1. The van der Waals surface area contributed by atoms with Crippen molar-refractivity contribution >= 4 is 33.1 Å². The van der Waals surface area contributed by atoms with Gasteiger partial charge in [0.05, 0.1) is 7.11 Å². The van der Waals surface area contributed by atoms with Gasteiger partial charge in [-0.25, -0.2) is 4.98 Å². The lowest BCUT2D eigenvalue weighted by atomic mass is 10.1. The molecule has 0 aliphatic heterocycles. The number of hydrogen-bond acceptors (Lipinski definition) is 4. The van der Waals surface area contributed by atoms with Gasteiger partial charge in [0.2, 0.25) is 0 Å². The smallest absolute Gasteiger partial charge is 0.257 e. The minimum atomic E-state index is -0.155. The third-order valence-corrected chi connectivity index (χ3v) is 3.65. The third-order valence-electron chi connectivity index (χ3n) is 2.96. The van der Waals surface area contributed by atoms with Crippen molar-refractivity contribution in [2.45, 2.75) is 0 Å². The van der Waals surface area contributed by atoms with Crippen molar-refractivity contribution in [3.05, 3.63) is 53.5 Å². The predicted molar refractivity (Wildman–Crippen MR) is 80.6 cm³/mol. The van der Waals surface area contributed by atoms with Gasteiger partial charge >= 0.3 is 0 Å². The van der Waals surface area contributed by atoms with E-state index in [-0.39, 0.29) is 5.91 Å². The average Bonchev–Trinajstić information content (AvgIpc) is 2.99. The second-order valence-corrected chi connectivity index (χ2v) is 5.11. The van der Waals surface area contributed by atoms with Gasteiger partial charge in [0, 0.05) is 17.1 Å². The van der Waals surface area contributed by atoms with Crippen LogP contribution >= 0.6 is 11.3 Å². The molecule has 1 aromatic heterocycles. The van der Waals surface area contributed by atoms with E-state index in [4.69, 9.17) is 4.74 Å². The molecule has 20 heavy (non-hydrogen) atoms. The number of carbonyl (C=O) groups is 1. The van der Waals surface area contributed by atoms with Crippen LogP contribution in [0.25, 0.3) is 10.8 Å². The number of rotatable bonds is 3. The molecule has 4 nitrogen and oxygen atoms in total. The van der Waals surface area contributed by atoms with Crippen LogP contribution in [0.2, 0.25) is 0 Å². The molecule has 2 aromatic carbocycles. The number of amides is 1. The predicted octanol–water partition coefficient (Wildman–Crippen LogP) is 3.56. The number of anilines is 1. The van der Waals surface area contributed by atoms with Crippen LogP contribution in [0.4, 0.5) is 5.13 Å². The Labute approximate surface area is 120 Å². The molecule has 1 amide bonds. The van der Waals surface area contributed by atoms with Crippen molar-refractivity contribution in [1.29, 1.82) is 0 Å². The summed E-state index contributed by atoms with van der Waals surface area (Å²) in [7, 11) is 1.64. The molecule has 100 valence electrons. The van der Waals surface area contributed by atoms with Crippen LogP contribution in [0.15, 0.2) is 48.0 Å². The van der Waals surface area contributed by atoms with E-state index in [1.165, 1.54) is 11.3 Å². The summed E-state index contributed by atoms with van der Waals surface area (Å²) in [6.07, 6.45) is 1.66. The van der Waals surface area contributed by atoms with Crippen molar-refractivity contribution in [1.82, 2.24) is 4.98 Å². The molecule has 0 aliphatic rings. The van der Waals surface area contributed by atoms with E-state index in [1.54, 1.807) is 19.4 Å². The van der Waals surface area contributed by atoms with Crippen LogP contribution in [0, 0.1) is 0 Å². The molecule has 0 saturated carbocycles. The Bertz CT molecular complexity index is 754. The highest BCUT2D eigenvalue weighted by Crippen LogP contribution is 2.22. The highest BCUT2D eigenvalue weighted by Gasteiger charge is 2.08. The molecule has 0 saturated heterocycles. The van der Waals surface area contributed by atoms with Crippen molar-refractivity contribution in [2.24, 2.45) is 0 Å². The highest BCUT2D eigenvalue weighted by molar-refractivity contribution is 7.13. The van der Waals surface area contributed by atoms with Crippen LogP contribution in [-0.2, 0) is 0 Å². The molecule has 3 aromatic rings. The van der Waals surface area contributed by atoms with Crippen molar-refractivity contribution in [3.8, 4) is 5.75 Å². The van der Waals surface area contributed by atoms with E-state index >= 15 is 0 Å². The fraction of sp³-hybridized carbons (Fsp3) is 0.0667. The van der Waals surface area contributed by atoms with Crippen molar-refractivity contribution < 1.29 is 9.53 Å². The summed E-state index contributed by atoms with van der Waals surface area (Å²) in [4.78, 5) is 16.1. The fourth-order valence-corrected chi connectivity index (χ4v) is 2.47. The van der Waals surface area contributed by atoms with Gasteiger partial charge in [-0.15, -0.1) is 11.3 Å². The average molecular weight is 284 g/mol. The summed E-state index contributed by atoms with van der Waals surface area (Å²) < 4.78 is 5.18. The summed E-state index contributed by atoms with van der Waals surface area (Å²) >= 11 is 1.39. The molecule has 0 bridgehead atoms. The standard InChI is InChI=1S/C15H12N2O2S/c1-19-13-5-4-10-8-12(3-2-11(10)9-13)14(18)17-15-16-6-7-20-15/h2-9H,1H3,(H,16,17,18). The van der Waals surface area contributed by atoms with Crippen molar-refractivity contribution in [2.75, 3.05) is 12.4 Å². The number of aromatic nitrogens is 1. The molecule has 0 aliphatic carbocycles. The van der Waals surface area contributed by atoms with Crippen molar-refractivity contribution in [3.63, 3.8) is 0 Å². The SMILES string of the molecule is COc1ccc2cc(C(=O)Nc3nccs3)ccc2c1. The first-order chi connectivity index (χ1) is 9.76. The van der Waals surface area contributed by atoms with E-state index < -0.39 is 0 Å². The van der Waals surface area contributed by atoms with Gasteiger partial charge in [-0.3, -0.25) is 10.1 Å². The molecule has 0 fully saturated rings. The van der Waals surface area contributed by atoms with Gasteiger partial charge in [-0.2, -0.15) is 0 Å². The molecule has 5 heteroatoms. The first-order valence-corrected chi connectivity index (χ1v) is 6.93. The number of benzene rings is 2.